The van der Waals surface area contributed by atoms with Gasteiger partial charge in [-0.05, 0) is 44.8 Å². The maximum absolute atomic E-state index is 2.58. The highest BCUT2D eigenvalue weighted by molar-refractivity contribution is 4.62. The summed E-state index contributed by atoms with van der Waals surface area (Å²) in [6.07, 6.45) is 36.4. The minimum Gasteiger partial charge on any atom is -0.306 e. The molecule has 0 saturated carbocycles. The van der Waals surface area contributed by atoms with Crippen LogP contribution in [0.1, 0.15) is 188 Å². The second kappa shape index (κ2) is 28.5. The SMILES string of the molecule is CCCCCCCCC(CCCCCCCC)CCCCCCCN(C)CCCCCCC(C)C. The third kappa shape index (κ3) is 28.4. The van der Waals surface area contributed by atoms with Gasteiger partial charge in [0.2, 0.25) is 0 Å². The second-order valence-corrected chi connectivity index (χ2v) is 12.4. The van der Waals surface area contributed by atoms with Gasteiger partial charge in [0.05, 0.1) is 0 Å². The summed E-state index contributed by atoms with van der Waals surface area (Å²) < 4.78 is 0. The first-order chi connectivity index (χ1) is 17.1. The lowest BCUT2D eigenvalue weighted by Crippen LogP contribution is -2.20. The Balaban J connectivity index is 3.78. The molecule has 0 aliphatic carbocycles. The summed E-state index contributed by atoms with van der Waals surface area (Å²) in [7, 11) is 2.34. The van der Waals surface area contributed by atoms with Gasteiger partial charge in [0.15, 0.2) is 0 Å². The van der Waals surface area contributed by atoms with E-state index in [0.29, 0.717) is 0 Å². The highest BCUT2D eigenvalue weighted by Crippen LogP contribution is 2.24. The molecule has 212 valence electrons. The van der Waals surface area contributed by atoms with Gasteiger partial charge in [-0.15, -0.1) is 0 Å². The van der Waals surface area contributed by atoms with Crippen molar-refractivity contribution in [1.29, 1.82) is 0 Å². The smallest absolute Gasteiger partial charge is 0.00218 e. The van der Waals surface area contributed by atoms with E-state index >= 15 is 0 Å². The van der Waals surface area contributed by atoms with Crippen molar-refractivity contribution in [2.75, 3.05) is 20.1 Å². The summed E-state index contributed by atoms with van der Waals surface area (Å²) in [5.41, 5.74) is 0. The molecule has 0 atom stereocenters. The Kier molecular flexibility index (Phi) is 28.5. The second-order valence-electron chi connectivity index (χ2n) is 12.4. The Bertz CT molecular complexity index is 361. The van der Waals surface area contributed by atoms with E-state index in [-0.39, 0.29) is 0 Å². The average molecular weight is 494 g/mol. The lowest BCUT2D eigenvalue weighted by molar-refractivity contribution is 0.312. The molecule has 0 aromatic carbocycles. The minimum absolute atomic E-state index is 0.879. The van der Waals surface area contributed by atoms with Crippen LogP contribution in [0, 0.1) is 11.8 Å². The first-order valence-electron chi connectivity index (χ1n) is 16.8. The van der Waals surface area contributed by atoms with Crippen molar-refractivity contribution in [3.8, 4) is 0 Å². The average Bonchev–Trinajstić information content (AvgIpc) is 2.84. The summed E-state index contributed by atoms with van der Waals surface area (Å²) in [6, 6.07) is 0. The van der Waals surface area contributed by atoms with Crippen molar-refractivity contribution >= 4 is 0 Å². The Morgan fingerprint density at radius 3 is 1.09 bits per heavy atom. The summed E-state index contributed by atoms with van der Waals surface area (Å²) in [6.45, 7) is 12.0. The molecule has 1 heteroatoms. The highest BCUT2D eigenvalue weighted by atomic mass is 15.1. The maximum Gasteiger partial charge on any atom is -0.00218 e. The molecule has 0 radical (unpaired) electrons. The lowest BCUT2D eigenvalue weighted by Gasteiger charge is -2.18. The van der Waals surface area contributed by atoms with E-state index in [1.807, 2.05) is 0 Å². The monoisotopic (exact) mass is 494 g/mol. The van der Waals surface area contributed by atoms with Crippen molar-refractivity contribution in [2.45, 2.75) is 188 Å². The molecule has 0 spiro atoms. The molecule has 35 heavy (non-hydrogen) atoms. The maximum atomic E-state index is 2.58. The van der Waals surface area contributed by atoms with Gasteiger partial charge in [-0.25, -0.2) is 0 Å². The van der Waals surface area contributed by atoms with Gasteiger partial charge in [-0.1, -0.05) is 175 Å². The van der Waals surface area contributed by atoms with Crippen molar-refractivity contribution in [2.24, 2.45) is 11.8 Å². The molecule has 0 amide bonds. The number of nitrogens with zero attached hydrogens (tertiary/aromatic N) is 1. The van der Waals surface area contributed by atoms with E-state index in [9.17, 15) is 0 Å². The fourth-order valence-corrected chi connectivity index (χ4v) is 5.60. The summed E-state index contributed by atoms with van der Waals surface area (Å²) in [5, 5.41) is 0. The van der Waals surface area contributed by atoms with E-state index in [0.717, 1.165) is 11.8 Å². The van der Waals surface area contributed by atoms with Crippen LogP contribution in [0.2, 0.25) is 0 Å². The largest absolute Gasteiger partial charge is 0.306 e. The predicted octanol–water partition coefficient (Wildman–Crippen LogP) is 12.0. The van der Waals surface area contributed by atoms with Crippen LogP contribution in [-0.2, 0) is 0 Å². The Labute approximate surface area is 225 Å². The molecule has 0 aliphatic heterocycles. The number of hydrogen-bond acceptors (Lipinski definition) is 1. The van der Waals surface area contributed by atoms with E-state index in [1.165, 1.54) is 174 Å². The highest BCUT2D eigenvalue weighted by Gasteiger charge is 2.09. The molecule has 0 aromatic rings. The van der Waals surface area contributed by atoms with Crippen LogP contribution in [0.3, 0.4) is 0 Å². The molecule has 0 heterocycles. The Hall–Kier alpha value is -0.0400. The van der Waals surface area contributed by atoms with Crippen LogP contribution in [0.15, 0.2) is 0 Å². The van der Waals surface area contributed by atoms with Gasteiger partial charge >= 0.3 is 0 Å². The van der Waals surface area contributed by atoms with Crippen LogP contribution < -0.4 is 0 Å². The molecule has 0 fully saturated rings. The summed E-state index contributed by atoms with van der Waals surface area (Å²) >= 11 is 0. The molecule has 0 rings (SSSR count). The molecule has 0 unspecified atom stereocenters. The zero-order valence-electron chi connectivity index (χ0n) is 25.7. The number of unbranched alkanes of at least 4 members (excludes halogenated alkanes) is 17. The van der Waals surface area contributed by atoms with E-state index in [2.05, 4.69) is 39.6 Å². The molecular formula is C34H71N. The van der Waals surface area contributed by atoms with E-state index in [1.54, 1.807) is 0 Å². The minimum atomic E-state index is 0.879. The normalized spacial score (nSPS) is 12.0. The van der Waals surface area contributed by atoms with Gasteiger partial charge in [0.25, 0.3) is 0 Å². The van der Waals surface area contributed by atoms with Crippen LogP contribution in [-0.4, -0.2) is 25.0 Å². The Morgan fingerprint density at radius 2 is 0.714 bits per heavy atom. The zero-order chi connectivity index (χ0) is 25.8. The van der Waals surface area contributed by atoms with Crippen LogP contribution >= 0.6 is 0 Å². The van der Waals surface area contributed by atoms with Crippen molar-refractivity contribution in [3.63, 3.8) is 0 Å². The fraction of sp³-hybridized carbons (Fsp3) is 1.00. The quantitative estimate of drug-likeness (QED) is 0.0936. The topological polar surface area (TPSA) is 3.24 Å². The van der Waals surface area contributed by atoms with E-state index in [4.69, 9.17) is 0 Å². The van der Waals surface area contributed by atoms with Gasteiger partial charge in [0.1, 0.15) is 0 Å². The molecule has 0 bridgehead atoms. The molecule has 0 saturated heterocycles. The zero-order valence-corrected chi connectivity index (χ0v) is 25.7. The lowest BCUT2D eigenvalue weighted by atomic mass is 9.89. The number of rotatable bonds is 29. The number of hydrogen-bond donors (Lipinski definition) is 0. The Morgan fingerprint density at radius 1 is 0.400 bits per heavy atom. The molecule has 0 aliphatic rings. The third-order valence-electron chi connectivity index (χ3n) is 8.16. The fourth-order valence-electron chi connectivity index (χ4n) is 5.60. The first kappa shape index (κ1) is 35.0. The molecule has 0 N–H and O–H groups in total. The van der Waals surface area contributed by atoms with Crippen LogP contribution in [0.5, 0.6) is 0 Å². The van der Waals surface area contributed by atoms with Gasteiger partial charge < -0.3 is 4.90 Å². The molecule has 0 aromatic heterocycles. The predicted molar refractivity (Wildman–Crippen MR) is 163 cm³/mol. The first-order valence-corrected chi connectivity index (χ1v) is 16.8. The van der Waals surface area contributed by atoms with Crippen LogP contribution in [0.4, 0.5) is 0 Å². The van der Waals surface area contributed by atoms with Gasteiger partial charge in [0, 0.05) is 0 Å². The van der Waals surface area contributed by atoms with Gasteiger partial charge in [-0.2, -0.15) is 0 Å². The molecular weight excluding hydrogens is 422 g/mol. The van der Waals surface area contributed by atoms with Crippen molar-refractivity contribution in [1.82, 2.24) is 4.90 Å². The standard InChI is InChI=1S/C34H71N/c1-6-8-10-12-15-22-28-34(29-23-16-13-11-9-7-2)30-24-17-14-19-25-31-35(5)32-26-20-18-21-27-33(3)4/h33-34H,6-32H2,1-5H3. The van der Waals surface area contributed by atoms with Gasteiger partial charge in [-0.3, -0.25) is 0 Å². The third-order valence-corrected chi connectivity index (χ3v) is 8.16. The molecule has 1 nitrogen and oxygen atoms in total. The summed E-state index contributed by atoms with van der Waals surface area (Å²) in [5.74, 6) is 1.91. The van der Waals surface area contributed by atoms with E-state index < -0.39 is 0 Å². The summed E-state index contributed by atoms with van der Waals surface area (Å²) in [4.78, 5) is 2.58. The van der Waals surface area contributed by atoms with Crippen molar-refractivity contribution < 1.29 is 0 Å². The van der Waals surface area contributed by atoms with Crippen molar-refractivity contribution in [3.05, 3.63) is 0 Å². The van der Waals surface area contributed by atoms with Crippen LogP contribution in [0.25, 0.3) is 0 Å².